The van der Waals surface area contributed by atoms with Crippen molar-refractivity contribution < 1.29 is 23.1 Å². The minimum absolute atomic E-state index is 0.0128. The van der Waals surface area contributed by atoms with Gasteiger partial charge in [-0.3, -0.25) is 9.78 Å². The fourth-order valence-electron chi connectivity index (χ4n) is 2.63. The van der Waals surface area contributed by atoms with Crippen LogP contribution in [0.15, 0.2) is 24.5 Å². The van der Waals surface area contributed by atoms with Crippen LogP contribution in [0, 0.1) is 0 Å². The number of hydrogen-bond acceptors (Lipinski definition) is 5. The second-order valence-electron chi connectivity index (χ2n) is 5.68. The average molecular weight is 352 g/mol. The van der Waals surface area contributed by atoms with E-state index < -0.39 is 18.6 Å². The molecule has 0 aliphatic carbocycles. The third-order valence-electron chi connectivity index (χ3n) is 3.91. The highest BCUT2D eigenvalue weighted by Crippen LogP contribution is 2.29. The average Bonchev–Trinajstić information content (AvgIpc) is 2.99. The predicted molar refractivity (Wildman–Crippen MR) is 80.8 cm³/mol. The van der Waals surface area contributed by atoms with Gasteiger partial charge >= 0.3 is 6.18 Å². The van der Waals surface area contributed by atoms with Crippen molar-refractivity contribution in [1.82, 2.24) is 19.9 Å². The van der Waals surface area contributed by atoms with Crippen LogP contribution in [0.2, 0.25) is 0 Å². The molecule has 1 fully saturated rings. The van der Waals surface area contributed by atoms with Gasteiger partial charge in [-0.15, -0.1) is 0 Å². The first kappa shape index (κ1) is 17.3. The standard InChI is InChI=1S/C16H15F3N4O2/c17-16(18,19)15-21-7-11(9-24)14(22-15)10-3-4-12(20-6-10)8-23-5-1-2-13(23)25/h3-4,6-7,24H,1-2,5,8-9H2. The molecule has 0 unspecified atom stereocenters. The number of rotatable bonds is 4. The monoisotopic (exact) mass is 352 g/mol. The van der Waals surface area contributed by atoms with Crippen molar-refractivity contribution >= 4 is 5.91 Å². The molecule has 132 valence electrons. The Labute approximate surface area is 141 Å². The van der Waals surface area contributed by atoms with Crippen LogP contribution in [0.25, 0.3) is 11.3 Å². The molecule has 9 heteroatoms. The molecule has 2 aromatic heterocycles. The van der Waals surface area contributed by atoms with Gasteiger partial charge in [0.25, 0.3) is 0 Å². The van der Waals surface area contributed by atoms with Crippen LogP contribution in [0.5, 0.6) is 0 Å². The quantitative estimate of drug-likeness (QED) is 0.912. The highest BCUT2D eigenvalue weighted by atomic mass is 19.4. The highest BCUT2D eigenvalue weighted by molar-refractivity contribution is 5.78. The van der Waals surface area contributed by atoms with Crippen LogP contribution in [0.3, 0.4) is 0 Å². The van der Waals surface area contributed by atoms with E-state index in [2.05, 4.69) is 15.0 Å². The van der Waals surface area contributed by atoms with Crippen LogP contribution in [0.1, 0.15) is 29.9 Å². The lowest BCUT2D eigenvalue weighted by Crippen LogP contribution is -2.24. The van der Waals surface area contributed by atoms with Crippen molar-refractivity contribution in [2.45, 2.75) is 32.2 Å². The first-order valence-electron chi connectivity index (χ1n) is 7.65. The zero-order chi connectivity index (χ0) is 18.0. The summed E-state index contributed by atoms with van der Waals surface area (Å²) >= 11 is 0. The Morgan fingerprint density at radius 3 is 2.56 bits per heavy atom. The molecule has 0 aromatic carbocycles. The molecule has 0 radical (unpaired) electrons. The van der Waals surface area contributed by atoms with Gasteiger partial charge < -0.3 is 10.0 Å². The summed E-state index contributed by atoms with van der Waals surface area (Å²) in [5.74, 6) is -1.20. The first-order chi connectivity index (χ1) is 11.9. The maximum absolute atomic E-state index is 12.8. The molecule has 1 amide bonds. The molecule has 0 atom stereocenters. The van der Waals surface area contributed by atoms with E-state index in [-0.39, 0.29) is 17.2 Å². The summed E-state index contributed by atoms with van der Waals surface area (Å²) in [6, 6.07) is 3.21. The Morgan fingerprint density at radius 2 is 2.00 bits per heavy atom. The number of likely N-dealkylation sites (tertiary alicyclic amines) is 1. The summed E-state index contributed by atoms with van der Waals surface area (Å²) in [6.07, 6.45) is -0.983. The van der Waals surface area contributed by atoms with E-state index in [9.17, 15) is 23.1 Å². The smallest absolute Gasteiger partial charge is 0.392 e. The SMILES string of the molecule is O=C1CCCN1Cc1ccc(-c2nc(C(F)(F)F)ncc2CO)cn1. The molecule has 1 aliphatic heterocycles. The largest absolute Gasteiger partial charge is 0.451 e. The minimum Gasteiger partial charge on any atom is -0.392 e. The van der Waals surface area contributed by atoms with Crippen molar-refractivity contribution in [2.75, 3.05) is 6.54 Å². The van der Waals surface area contributed by atoms with Crippen LogP contribution in [-0.4, -0.2) is 37.4 Å². The lowest BCUT2D eigenvalue weighted by Gasteiger charge is -2.15. The molecule has 0 saturated carbocycles. The summed E-state index contributed by atoms with van der Waals surface area (Å²) in [6.45, 7) is 0.554. The molecule has 0 spiro atoms. The number of aromatic nitrogens is 3. The predicted octanol–water partition coefficient (Wildman–Crippen LogP) is 2.17. The molecule has 1 saturated heterocycles. The molecule has 1 aliphatic rings. The molecule has 3 heterocycles. The number of carbonyl (C=O) groups excluding carboxylic acids is 1. The zero-order valence-corrected chi connectivity index (χ0v) is 13.1. The Bertz CT molecular complexity index is 778. The van der Waals surface area contributed by atoms with Gasteiger partial charge in [0, 0.05) is 36.5 Å². The van der Waals surface area contributed by atoms with E-state index in [4.69, 9.17) is 0 Å². The second-order valence-corrected chi connectivity index (χ2v) is 5.68. The van der Waals surface area contributed by atoms with E-state index in [1.54, 1.807) is 17.0 Å². The number of pyridine rings is 1. The number of hydrogen-bond donors (Lipinski definition) is 1. The van der Waals surface area contributed by atoms with Gasteiger partial charge in [0.1, 0.15) is 0 Å². The summed E-state index contributed by atoms with van der Waals surface area (Å²) in [5.41, 5.74) is 1.14. The lowest BCUT2D eigenvalue weighted by molar-refractivity contribution is -0.145. The molecule has 0 bridgehead atoms. The molecule has 25 heavy (non-hydrogen) atoms. The molecular formula is C16H15F3N4O2. The van der Waals surface area contributed by atoms with Gasteiger partial charge in [0.05, 0.1) is 24.5 Å². The third-order valence-corrected chi connectivity index (χ3v) is 3.91. The Hall–Kier alpha value is -2.55. The number of aliphatic hydroxyl groups excluding tert-OH is 1. The molecule has 2 aromatic rings. The number of amides is 1. The fraction of sp³-hybridized carbons (Fsp3) is 0.375. The van der Waals surface area contributed by atoms with Gasteiger partial charge in [-0.05, 0) is 18.6 Å². The van der Waals surface area contributed by atoms with Gasteiger partial charge in [-0.2, -0.15) is 13.2 Å². The fourth-order valence-corrected chi connectivity index (χ4v) is 2.63. The van der Waals surface area contributed by atoms with Gasteiger partial charge in [0.2, 0.25) is 11.7 Å². The van der Waals surface area contributed by atoms with Crippen molar-refractivity contribution in [2.24, 2.45) is 0 Å². The normalized spacial score (nSPS) is 15.0. The number of halogens is 3. The Balaban J connectivity index is 1.87. The number of alkyl halides is 3. The highest BCUT2D eigenvalue weighted by Gasteiger charge is 2.35. The van der Waals surface area contributed by atoms with Crippen LogP contribution in [0.4, 0.5) is 13.2 Å². The summed E-state index contributed by atoms with van der Waals surface area (Å²) in [4.78, 5) is 24.3. The van der Waals surface area contributed by atoms with Crippen molar-refractivity contribution in [3.05, 3.63) is 41.6 Å². The van der Waals surface area contributed by atoms with E-state index in [0.717, 1.165) is 12.6 Å². The zero-order valence-electron chi connectivity index (χ0n) is 13.1. The van der Waals surface area contributed by atoms with Crippen LogP contribution >= 0.6 is 0 Å². The number of nitrogens with zero attached hydrogens (tertiary/aromatic N) is 4. The lowest BCUT2D eigenvalue weighted by atomic mass is 10.1. The minimum atomic E-state index is -4.67. The maximum Gasteiger partial charge on any atom is 0.451 e. The summed E-state index contributed by atoms with van der Waals surface area (Å²) < 4.78 is 38.4. The number of carbonyl (C=O) groups is 1. The van der Waals surface area contributed by atoms with E-state index in [1.807, 2.05) is 0 Å². The maximum atomic E-state index is 12.8. The summed E-state index contributed by atoms with van der Waals surface area (Å²) in [5, 5.41) is 9.32. The Kier molecular flexibility index (Phi) is 4.67. The number of aliphatic hydroxyl groups is 1. The van der Waals surface area contributed by atoms with Crippen LogP contribution < -0.4 is 0 Å². The first-order valence-corrected chi connectivity index (χ1v) is 7.65. The van der Waals surface area contributed by atoms with E-state index in [0.29, 0.717) is 30.8 Å². The third kappa shape index (κ3) is 3.76. The molecule has 3 rings (SSSR count). The van der Waals surface area contributed by atoms with Crippen LogP contribution in [-0.2, 0) is 24.1 Å². The van der Waals surface area contributed by atoms with Gasteiger partial charge in [-0.25, -0.2) is 9.97 Å². The molecule has 6 nitrogen and oxygen atoms in total. The van der Waals surface area contributed by atoms with Crippen molar-refractivity contribution in [3.8, 4) is 11.3 Å². The topological polar surface area (TPSA) is 79.2 Å². The second kappa shape index (κ2) is 6.75. The summed E-state index contributed by atoms with van der Waals surface area (Å²) in [7, 11) is 0. The van der Waals surface area contributed by atoms with Crippen molar-refractivity contribution in [3.63, 3.8) is 0 Å². The van der Waals surface area contributed by atoms with Gasteiger partial charge in [0.15, 0.2) is 0 Å². The molecule has 1 N–H and O–H groups in total. The van der Waals surface area contributed by atoms with E-state index >= 15 is 0 Å². The Morgan fingerprint density at radius 1 is 1.20 bits per heavy atom. The molecular weight excluding hydrogens is 337 g/mol. The van der Waals surface area contributed by atoms with Crippen molar-refractivity contribution in [1.29, 1.82) is 0 Å². The van der Waals surface area contributed by atoms with E-state index in [1.165, 1.54) is 6.20 Å². The van der Waals surface area contributed by atoms with Gasteiger partial charge in [-0.1, -0.05) is 0 Å².